The van der Waals surface area contributed by atoms with Crippen molar-refractivity contribution >= 4 is 17.6 Å². The zero-order valence-corrected chi connectivity index (χ0v) is 14.8. The van der Waals surface area contributed by atoms with Crippen molar-refractivity contribution < 1.29 is 4.79 Å². The molecule has 128 valence electrons. The van der Waals surface area contributed by atoms with Gasteiger partial charge in [-0.1, -0.05) is 13.3 Å². The highest BCUT2D eigenvalue weighted by molar-refractivity contribution is 5.97. The van der Waals surface area contributed by atoms with Crippen LogP contribution in [0.15, 0.2) is 35.8 Å². The second-order valence-electron chi connectivity index (χ2n) is 5.66. The molecule has 1 heterocycles. The molecule has 6 nitrogen and oxygen atoms in total. The molecule has 0 radical (unpaired) electrons. The van der Waals surface area contributed by atoms with Gasteiger partial charge in [0.15, 0.2) is 0 Å². The fourth-order valence-corrected chi connectivity index (χ4v) is 2.59. The number of carbonyl (C=O) groups excluding carboxylic acids is 1. The number of amides is 2. The van der Waals surface area contributed by atoms with E-state index >= 15 is 0 Å². The van der Waals surface area contributed by atoms with Gasteiger partial charge in [0.2, 0.25) is 0 Å². The molecular weight excluding hydrogens is 302 g/mol. The van der Waals surface area contributed by atoms with Gasteiger partial charge in [-0.15, -0.1) is 0 Å². The summed E-state index contributed by atoms with van der Waals surface area (Å²) in [5, 5.41) is 5.46. The molecular formula is C18H25N5O. The van der Waals surface area contributed by atoms with E-state index in [2.05, 4.69) is 40.5 Å². The van der Waals surface area contributed by atoms with Gasteiger partial charge in [-0.2, -0.15) is 0 Å². The average molecular weight is 327 g/mol. The molecule has 0 bridgehead atoms. The molecule has 0 aliphatic carbocycles. The Balaban J connectivity index is 2.39. The van der Waals surface area contributed by atoms with Crippen molar-refractivity contribution in [3.8, 4) is 5.69 Å². The molecule has 0 aliphatic rings. The summed E-state index contributed by atoms with van der Waals surface area (Å²) in [5.41, 5.74) is 4.29. The van der Waals surface area contributed by atoms with E-state index in [1.54, 1.807) is 19.4 Å². The highest BCUT2D eigenvalue weighted by Crippen LogP contribution is 2.28. The van der Waals surface area contributed by atoms with Gasteiger partial charge in [-0.3, -0.25) is 5.32 Å². The highest BCUT2D eigenvalue weighted by atomic mass is 16.2. The van der Waals surface area contributed by atoms with Crippen molar-refractivity contribution in [3.63, 3.8) is 0 Å². The number of imidazole rings is 1. The Bertz CT molecular complexity index is 719. The van der Waals surface area contributed by atoms with Gasteiger partial charge < -0.3 is 9.88 Å². The molecule has 24 heavy (non-hydrogen) atoms. The molecule has 6 heteroatoms. The van der Waals surface area contributed by atoms with Crippen molar-refractivity contribution in [2.75, 3.05) is 6.54 Å². The first kappa shape index (κ1) is 17.7. The first-order valence-corrected chi connectivity index (χ1v) is 8.27. The van der Waals surface area contributed by atoms with Crippen LogP contribution in [-0.4, -0.2) is 28.0 Å². The van der Waals surface area contributed by atoms with Crippen LogP contribution in [-0.2, 0) is 6.42 Å². The van der Waals surface area contributed by atoms with Crippen molar-refractivity contribution in [1.82, 2.24) is 20.2 Å². The summed E-state index contributed by atoms with van der Waals surface area (Å²) in [5.74, 6) is 0.570. The number of nitrogens with zero attached hydrogens (tertiary/aromatic N) is 3. The molecule has 0 spiro atoms. The van der Waals surface area contributed by atoms with Crippen LogP contribution in [0.2, 0.25) is 0 Å². The van der Waals surface area contributed by atoms with Crippen molar-refractivity contribution in [2.24, 2.45) is 4.99 Å². The summed E-state index contributed by atoms with van der Waals surface area (Å²) < 4.78 is 1.95. The van der Waals surface area contributed by atoms with E-state index in [4.69, 9.17) is 0 Å². The van der Waals surface area contributed by atoms with E-state index in [9.17, 15) is 4.79 Å². The van der Waals surface area contributed by atoms with Crippen LogP contribution in [0.1, 0.15) is 38.3 Å². The monoisotopic (exact) mass is 327 g/mol. The first-order chi connectivity index (χ1) is 11.5. The number of hydrogen-bond donors (Lipinski definition) is 2. The summed E-state index contributed by atoms with van der Waals surface area (Å²) >= 11 is 0. The Morgan fingerprint density at radius 2 is 2.12 bits per heavy atom. The summed E-state index contributed by atoms with van der Waals surface area (Å²) in [7, 11) is 0. The standard InChI is InChI=1S/C18H25N5O/c1-5-7-16-13(3)10-15(23-9-8-19-12-23)11-17(16)21-14(4)22-18(24)20-6-2/h8-12H,5-7H2,1-4H3,(H2,20,21,22,24). The number of aryl methyl sites for hydroxylation is 1. The number of carbonyl (C=O) groups is 1. The van der Waals surface area contributed by atoms with Crippen LogP contribution in [0.5, 0.6) is 0 Å². The van der Waals surface area contributed by atoms with Gasteiger partial charge >= 0.3 is 6.03 Å². The molecule has 0 saturated heterocycles. The molecule has 0 fully saturated rings. The summed E-state index contributed by atoms with van der Waals surface area (Å²) in [6.45, 7) is 8.50. The number of amidine groups is 1. The van der Waals surface area contributed by atoms with Crippen molar-refractivity contribution in [2.45, 2.75) is 40.5 Å². The molecule has 2 rings (SSSR count). The number of benzene rings is 1. The minimum absolute atomic E-state index is 0.238. The molecule has 2 aromatic rings. The lowest BCUT2D eigenvalue weighted by Crippen LogP contribution is -2.38. The van der Waals surface area contributed by atoms with E-state index < -0.39 is 0 Å². The van der Waals surface area contributed by atoms with E-state index in [-0.39, 0.29) is 6.03 Å². The number of nitrogens with one attached hydrogen (secondary N) is 2. The molecule has 0 atom stereocenters. The maximum absolute atomic E-state index is 11.7. The Morgan fingerprint density at radius 1 is 1.33 bits per heavy atom. The fraction of sp³-hybridized carbons (Fsp3) is 0.389. The van der Waals surface area contributed by atoms with Gasteiger partial charge in [0, 0.05) is 24.6 Å². The molecule has 2 amide bonds. The van der Waals surface area contributed by atoms with Gasteiger partial charge in [0.1, 0.15) is 5.84 Å². The molecule has 2 N–H and O–H groups in total. The van der Waals surface area contributed by atoms with Crippen LogP contribution in [0.25, 0.3) is 5.69 Å². The van der Waals surface area contributed by atoms with Crippen molar-refractivity contribution in [1.29, 1.82) is 0 Å². The molecule has 0 unspecified atom stereocenters. The summed E-state index contributed by atoms with van der Waals surface area (Å²) in [6.07, 6.45) is 7.41. The minimum atomic E-state index is -0.238. The SMILES string of the molecule is CCCc1c(C)cc(-n2ccnc2)cc1N=C(C)NC(=O)NCC. The molecule has 1 aromatic carbocycles. The van der Waals surface area contributed by atoms with Crippen molar-refractivity contribution in [3.05, 3.63) is 42.0 Å². The summed E-state index contributed by atoms with van der Waals surface area (Å²) in [6, 6.07) is 3.93. The number of rotatable bonds is 5. The van der Waals surface area contributed by atoms with Gasteiger partial charge in [0.05, 0.1) is 12.0 Å². The number of aromatic nitrogens is 2. The highest BCUT2D eigenvalue weighted by Gasteiger charge is 2.10. The topological polar surface area (TPSA) is 71.3 Å². The predicted molar refractivity (Wildman–Crippen MR) is 97.3 cm³/mol. The Labute approximate surface area is 143 Å². The van der Waals surface area contributed by atoms with E-state index in [1.807, 2.05) is 23.8 Å². The third-order valence-corrected chi connectivity index (χ3v) is 3.66. The summed E-state index contributed by atoms with van der Waals surface area (Å²) in [4.78, 5) is 20.4. The Morgan fingerprint density at radius 3 is 2.75 bits per heavy atom. The maximum atomic E-state index is 11.7. The number of urea groups is 1. The van der Waals surface area contributed by atoms with Gasteiger partial charge in [0.25, 0.3) is 0 Å². The normalized spacial score (nSPS) is 11.4. The number of aliphatic imine (C=N–C) groups is 1. The van der Waals surface area contributed by atoms with E-state index in [1.165, 1.54) is 11.1 Å². The Hall–Kier alpha value is -2.63. The first-order valence-electron chi connectivity index (χ1n) is 8.27. The largest absolute Gasteiger partial charge is 0.338 e. The zero-order valence-electron chi connectivity index (χ0n) is 14.8. The second kappa shape index (κ2) is 8.29. The average Bonchev–Trinajstić information content (AvgIpc) is 3.04. The third-order valence-electron chi connectivity index (χ3n) is 3.66. The lowest BCUT2D eigenvalue weighted by Gasteiger charge is -2.13. The third kappa shape index (κ3) is 4.44. The van der Waals surface area contributed by atoms with Crippen LogP contribution in [0.3, 0.4) is 0 Å². The lowest BCUT2D eigenvalue weighted by molar-refractivity contribution is 0.246. The predicted octanol–water partition coefficient (Wildman–Crippen LogP) is 3.50. The molecule has 0 saturated carbocycles. The van der Waals surface area contributed by atoms with E-state index in [0.29, 0.717) is 12.4 Å². The van der Waals surface area contributed by atoms with Crippen LogP contribution in [0, 0.1) is 6.92 Å². The van der Waals surface area contributed by atoms with Gasteiger partial charge in [-0.05, 0) is 50.5 Å². The lowest BCUT2D eigenvalue weighted by atomic mass is 10.0. The molecule has 1 aromatic heterocycles. The van der Waals surface area contributed by atoms with Gasteiger partial charge in [-0.25, -0.2) is 14.8 Å². The van der Waals surface area contributed by atoms with E-state index in [0.717, 1.165) is 24.2 Å². The Kier molecular flexibility index (Phi) is 6.12. The smallest absolute Gasteiger partial charge is 0.320 e. The minimum Gasteiger partial charge on any atom is -0.338 e. The fourth-order valence-electron chi connectivity index (χ4n) is 2.59. The number of hydrogen-bond acceptors (Lipinski definition) is 3. The van der Waals surface area contributed by atoms with Crippen LogP contribution in [0.4, 0.5) is 10.5 Å². The maximum Gasteiger partial charge on any atom is 0.320 e. The van der Waals surface area contributed by atoms with Crippen LogP contribution >= 0.6 is 0 Å². The zero-order chi connectivity index (χ0) is 17.5. The molecule has 0 aliphatic heterocycles. The van der Waals surface area contributed by atoms with Crippen LogP contribution < -0.4 is 10.6 Å². The second-order valence-corrected chi connectivity index (χ2v) is 5.66. The quantitative estimate of drug-likeness (QED) is 0.652.